The SMILES string of the molecule is CNCc1cc(OC)ccc1-c1c(C)c(C)cc(C)c1C. The third-order valence-corrected chi connectivity index (χ3v) is 4.32. The maximum Gasteiger partial charge on any atom is 0.119 e. The second-order valence-corrected chi connectivity index (χ2v) is 5.69. The molecule has 0 aliphatic carbocycles. The van der Waals surface area contributed by atoms with E-state index >= 15 is 0 Å². The average Bonchev–Trinajstić information content (AvgIpc) is 2.47. The summed E-state index contributed by atoms with van der Waals surface area (Å²) in [5.41, 5.74) is 9.35. The van der Waals surface area contributed by atoms with Crippen molar-refractivity contribution in [1.29, 1.82) is 0 Å². The van der Waals surface area contributed by atoms with Crippen LogP contribution in [0.3, 0.4) is 0 Å². The first-order chi connectivity index (χ1) is 9.99. The van der Waals surface area contributed by atoms with E-state index in [1.54, 1.807) is 7.11 Å². The summed E-state index contributed by atoms with van der Waals surface area (Å²) in [4.78, 5) is 0. The van der Waals surface area contributed by atoms with Crippen molar-refractivity contribution in [2.24, 2.45) is 0 Å². The zero-order valence-electron chi connectivity index (χ0n) is 13.9. The fourth-order valence-electron chi connectivity index (χ4n) is 2.90. The average molecular weight is 283 g/mol. The number of ether oxygens (including phenoxy) is 1. The van der Waals surface area contributed by atoms with Crippen molar-refractivity contribution < 1.29 is 4.74 Å². The molecule has 0 spiro atoms. The topological polar surface area (TPSA) is 21.3 Å². The molecule has 2 rings (SSSR count). The second-order valence-electron chi connectivity index (χ2n) is 5.69. The van der Waals surface area contributed by atoms with Crippen LogP contribution in [0.2, 0.25) is 0 Å². The Hall–Kier alpha value is -1.80. The predicted molar refractivity (Wildman–Crippen MR) is 90.1 cm³/mol. The van der Waals surface area contributed by atoms with E-state index < -0.39 is 0 Å². The number of benzene rings is 2. The zero-order valence-corrected chi connectivity index (χ0v) is 13.9. The highest BCUT2D eigenvalue weighted by Gasteiger charge is 2.14. The summed E-state index contributed by atoms with van der Waals surface area (Å²) in [7, 11) is 3.69. The smallest absolute Gasteiger partial charge is 0.119 e. The zero-order chi connectivity index (χ0) is 15.6. The minimum atomic E-state index is 0.832. The number of aryl methyl sites for hydroxylation is 2. The minimum absolute atomic E-state index is 0.832. The van der Waals surface area contributed by atoms with Crippen molar-refractivity contribution in [2.45, 2.75) is 34.2 Å². The van der Waals surface area contributed by atoms with E-state index in [-0.39, 0.29) is 0 Å². The molecule has 0 unspecified atom stereocenters. The second kappa shape index (κ2) is 6.31. The number of methoxy groups -OCH3 is 1. The molecule has 1 N–H and O–H groups in total. The molecular formula is C19H25NO. The highest BCUT2D eigenvalue weighted by Crippen LogP contribution is 2.35. The maximum atomic E-state index is 5.37. The summed E-state index contributed by atoms with van der Waals surface area (Å²) in [6, 6.07) is 8.63. The van der Waals surface area contributed by atoms with E-state index in [9.17, 15) is 0 Å². The first-order valence-electron chi connectivity index (χ1n) is 7.38. The van der Waals surface area contributed by atoms with E-state index in [1.807, 2.05) is 13.1 Å². The molecule has 112 valence electrons. The summed E-state index contributed by atoms with van der Waals surface area (Å²) >= 11 is 0. The van der Waals surface area contributed by atoms with E-state index in [1.165, 1.54) is 38.9 Å². The van der Waals surface area contributed by atoms with Gasteiger partial charge in [-0.05, 0) is 85.8 Å². The van der Waals surface area contributed by atoms with Crippen molar-refractivity contribution in [3.05, 3.63) is 52.1 Å². The molecule has 0 saturated carbocycles. The fourth-order valence-corrected chi connectivity index (χ4v) is 2.90. The van der Waals surface area contributed by atoms with Crippen LogP contribution in [-0.2, 0) is 6.54 Å². The molecule has 2 nitrogen and oxygen atoms in total. The molecule has 0 amide bonds. The molecule has 2 aromatic rings. The molecule has 0 bridgehead atoms. The van der Waals surface area contributed by atoms with Gasteiger partial charge in [0.05, 0.1) is 7.11 Å². The van der Waals surface area contributed by atoms with Gasteiger partial charge in [0.2, 0.25) is 0 Å². The summed E-state index contributed by atoms with van der Waals surface area (Å²) in [5, 5.41) is 3.26. The highest BCUT2D eigenvalue weighted by atomic mass is 16.5. The molecule has 2 aromatic carbocycles. The summed E-state index contributed by atoms with van der Waals surface area (Å²) in [5.74, 6) is 0.906. The van der Waals surface area contributed by atoms with Crippen molar-refractivity contribution in [3.8, 4) is 16.9 Å². The van der Waals surface area contributed by atoms with Crippen LogP contribution >= 0.6 is 0 Å². The molecule has 0 aromatic heterocycles. The van der Waals surface area contributed by atoms with Crippen LogP contribution in [0.5, 0.6) is 5.75 Å². The lowest BCUT2D eigenvalue weighted by atomic mass is 9.87. The van der Waals surface area contributed by atoms with Crippen molar-refractivity contribution >= 4 is 0 Å². The Morgan fingerprint density at radius 2 is 1.57 bits per heavy atom. The molecule has 0 aliphatic heterocycles. The Morgan fingerprint density at radius 1 is 0.952 bits per heavy atom. The summed E-state index contributed by atoms with van der Waals surface area (Å²) in [6.45, 7) is 9.63. The molecule has 0 aliphatic rings. The fraction of sp³-hybridized carbons (Fsp3) is 0.368. The van der Waals surface area contributed by atoms with Crippen LogP contribution in [0.15, 0.2) is 24.3 Å². The normalized spacial score (nSPS) is 10.8. The van der Waals surface area contributed by atoms with E-state index in [2.05, 4.69) is 51.2 Å². The van der Waals surface area contributed by atoms with Gasteiger partial charge in [0.1, 0.15) is 5.75 Å². The van der Waals surface area contributed by atoms with Crippen LogP contribution in [-0.4, -0.2) is 14.2 Å². The van der Waals surface area contributed by atoms with Gasteiger partial charge in [0.15, 0.2) is 0 Å². The van der Waals surface area contributed by atoms with Gasteiger partial charge in [-0.1, -0.05) is 12.1 Å². The largest absolute Gasteiger partial charge is 0.497 e. The third kappa shape index (κ3) is 2.96. The molecule has 0 radical (unpaired) electrons. The van der Waals surface area contributed by atoms with Gasteiger partial charge >= 0.3 is 0 Å². The van der Waals surface area contributed by atoms with Gasteiger partial charge in [0.25, 0.3) is 0 Å². The van der Waals surface area contributed by atoms with Gasteiger partial charge in [0, 0.05) is 6.54 Å². The van der Waals surface area contributed by atoms with Gasteiger partial charge in [-0.3, -0.25) is 0 Å². The van der Waals surface area contributed by atoms with Crippen LogP contribution in [0.4, 0.5) is 0 Å². The Kier molecular flexibility index (Phi) is 4.69. The molecule has 0 heterocycles. The lowest BCUT2D eigenvalue weighted by Gasteiger charge is -2.19. The maximum absolute atomic E-state index is 5.37. The van der Waals surface area contributed by atoms with Gasteiger partial charge in [-0.15, -0.1) is 0 Å². The van der Waals surface area contributed by atoms with Crippen LogP contribution in [0.25, 0.3) is 11.1 Å². The Balaban J connectivity index is 2.72. The molecule has 0 saturated heterocycles. The Labute approximate surface area is 128 Å². The lowest BCUT2D eigenvalue weighted by molar-refractivity contribution is 0.414. The first kappa shape index (κ1) is 15.6. The van der Waals surface area contributed by atoms with Crippen molar-refractivity contribution in [3.63, 3.8) is 0 Å². The lowest BCUT2D eigenvalue weighted by Crippen LogP contribution is -2.08. The number of rotatable bonds is 4. The number of hydrogen-bond donors (Lipinski definition) is 1. The molecule has 21 heavy (non-hydrogen) atoms. The van der Waals surface area contributed by atoms with Gasteiger partial charge < -0.3 is 10.1 Å². The molecular weight excluding hydrogens is 258 g/mol. The summed E-state index contributed by atoms with van der Waals surface area (Å²) in [6.07, 6.45) is 0. The van der Waals surface area contributed by atoms with E-state index in [0.717, 1.165) is 12.3 Å². The van der Waals surface area contributed by atoms with E-state index in [0.29, 0.717) is 0 Å². The standard InChI is InChI=1S/C19H25NO/c1-12-9-13(2)15(4)19(14(12)3)18-8-7-17(21-6)10-16(18)11-20-5/h7-10,20H,11H2,1-6H3. The number of hydrogen-bond acceptors (Lipinski definition) is 2. The molecule has 0 fully saturated rings. The van der Waals surface area contributed by atoms with E-state index in [4.69, 9.17) is 4.74 Å². The van der Waals surface area contributed by atoms with Crippen LogP contribution in [0, 0.1) is 27.7 Å². The Bertz CT molecular complexity index is 633. The Morgan fingerprint density at radius 3 is 2.10 bits per heavy atom. The first-order valence-corrected chi connectivity index (χ1v) is 7.38. The quantitative estimate of drug-likeness (QED) is 0.902. The minimum Gasteiger partial charge on any atom is -0.497 e. The molecule has 2 heteroatoms. The highest BCUT2D eigenvalue weighted by molar-refractivity contribution is 5.76. The molecule has 0 atom stereocenters. The number of nitrogens with one attached hydrogen (secondary N) is 1. The van der Waals surface area contributed by atoms with Crippen LogP contribution < -0.4 is 10.1 Å². The van der Waals surface area contributed by atoms with Crippen molar-refractivity contribution in [1.82, 2.24) is 5.32 Å². The van der Waals surface area contributed by atoms with Gasteiger partial charge in [-0.2, -0.15) is 0 Å². The monoisotopic (exact) mass is 283 g/mol. The van der Waals surface area contributed by atoms with Crippen LogP contribution in [0.1, 0.15) is 27.8 Å². The van der Waals surface area contributed by atoms with Crippen molar-refractivity contribution in [2.75, 3.05) is 14.2 Å². The third-order valence-electron chi connectivity index (χ3n) is 4.32. The summed E-state index contributed by atoms with van der Waals surface area (Å²) < 4.78 is 5.37. The van der Waals surface area contributed by atoms with Gasteiger partial charge in [-0.25, -0.2) is 0 Å². The predicted octanol–water partition coefficient (Wildman–Crippen LogP) is 4.32.